The highest BCUT2D eigenvalue weighted by molar-refractivity contribution is 5.85. The third-order valence-corrected chi connectivity index (χ3v) is 5.61. The molecule has 1 heterocycles. The standard InChI is InChI=1S/C24H30N2O3/c1-17(2)25-23(28)24(13-14-26(16-24)18(3)27)15-19-9-11-20(12-10-19)21-7-5-6-8-22(21)29-4/h5-12,17H,13-16H2,1-4H3,(H,25,28)/t24-/m1/s1. The molecule has 3 rings (SSSR count). The van der Waals surface area contributed by atoms with Gasteiger partial charge in [-0.1, -0.05) is 42.5 Å². The summed E-state index contributed by atoms with van der Waals surface area (Å²) in [5, 5.41) is 3.06. The number of hydrogen-bond acceptors (Lipinski definition) is 3. The van der Waals surface area contributed by atoms with Crippen molar-refractivity contribution in [2.24, 2.45) is 5.41 Å². The van der Waals surface area contributed by atoms with E-state index in [-0.39, 0.29) is 17.9 Å². The first-order chi connectivity index (χ1) is 13.8. The van der Waals surface area contributed by atoms with Crippen molar-refractivity contribution in [3.8, 4) is 16.9 Å². The van der Waals surface area contributed by atoms with E-state index in [0.29, 0.717) is 25.9 Å². The number of likely N-dealkylation sites (tertiary alicyclic amines) is 1. The second-order valence-corrected chi connectivity index (χ2v) is 8.17. The topological polar surface area (TPSA) is 58.6 Å². The van der Waals surface area contributed by atoms with Gasteiger partial charge < -0.3 is 15.0 Å². The van der Waals surface area contributed by atoms with Gasteiger partial charge in [0.15, 0.2) is 0 Å². The number of hydrogen-bond donors (Lipinski definition) is 1. The van der Waals surface area contributed by atoms with Crippen LogP contribution < -0.4 is 10.1 Å². The summed E-state index contributed by atoms with van der Waals surface area (Å²) in [5.41, 5.74) is 2.62. The van der Waals surface area contributed by atoms with Crippen LogP contribution in [0.2, 0.25) is 0 Å². The van der Waals surface area contributed by atoms with Gasteiger partial charge in [-0.05, 0) is 43.9 Å². The van der Waals surface area contributed by atoms with E-state index in [1.54, 1.807) is 18.9 Å². The Bertz CT molecular complexity index is 876. The van der Waals surface area contributed by atoms with Crippen molar-refractivity contribution in [3.05, 3.63) is 54.1 Å². The quantitative estimate of drug-likeness (QED) is 0.813. The lowest BCUT2D eigenvalue weighted by Crippen LogP contribution is -2.47. The highest BCUT2D eigenvalue weighted by Gasteiger charge is 2.45. The van der Waals surface area contributed by atoms with E-state index in [4.69, 9.17) is 4.74 Å². The molecule has 5 heteroatoms. The van der Waals surface area contributed by atoms with Crippen LogP contribution in [0.25, 0.3) is 11.1 Å². The number of rotatable bonds is 6. The minimum atomic E-state index is -0.581. The normalized spacial score (nSPS) is 18.7. The molecule has 154 valence electrons. The van der Waals surface area contributed by atoms with Gasteiger partial charge in [0, 0.05) is 31.6 Å². The fourth-order valence-corrected chi connectivity index (χ4v) is 4.04. The van der Waals surface area contributed by atoms with E-state index >= 15 is 0 Å². The minimum absolute atomic E-state index is 0.0238. The van der Waals surface area contributed by atoms with E-state index in [2.05, 4.69) is 29.6 Å². The maximum Gasteiger partial charge on any atom is 0.228 e. The number of carbonyl (C=O) groups excluding carboxylic acids is 2. The third-order valence-electron chi connectivity index (χ3n) is 5.61. The minimum Gasteiger partial charge on any atom is -0.496 e. The van der Waals surface area contributed by atoms with Gasteiger partial charge in [0.1, 0.15) is 5.75 Å². The summed E-state index contributed by atoms with van der Waals surface area (Å²) in [6, 6.07) is 16.3. The van der Waals surface area contributed by atoms with E-state index in [0.717, 1.165) is 22.4 Å². The van der Waals surface area contributed by atoms with Crippen LogP contribution in [0, 0.1) is 5.41 Å². The van der Waals surface area contributed by atoms with Crippen LogP contribution in [-0.2, 0) is 16.0 Å². The van der Waals surface area contributed by atoms with Gasteiger partial charge in [-0.15, -0.1) is 0 Å². The molecule has 0 bridgehead atoms. The lowest BCUT2D eigenvalue weighted by Gasteiger charge is -2.29. The number of nitrogens with one attached hydrogen (secondary N) is 1. The van der Waals surface area contributed by atoms with E-state index < -0.39 is 5.41 Å². The Kier molecular flexibility index (Phi) is 6.26. The maximum atomic E-state index is 13.1. The molecule has 0 spiro atoms. The summed E-state index contributed by atoms with van der Waals surface area (Å²) in [6.45, 7) is 6.59. The zero-order valence-electron chi connectivity index (χ0n) is 17.7. The first-order valence-electron chi connectivity index (χ1n) is 10.1. The predicted molar refractivity (Wildman–Crippen MR) is 115 cm³/mol. The third kappa shape index (κ3) is 4.61. The molecule has 1 aliphatic rings. The summed E-state index contributed by atoms with van der Waals surface area (Å²) >= 11 is 0. The Labute approximate surface area is 173 Å². The number of carbonyl (C=O) groups is 2. The molecule has 0 radical (unpaired) electrons. The maximum absolute atomic E-state index is 13.1. The van der Waals surface area contributed by atoms with Gasteiger partial charge in [0.2, 0.25) is 11.8 Å². The molecule has 0 aromatic heterocycles. The lowest BCUT2D eigenvalue weighted by molar-refractivity contribution is -0.132. The SMILES string of the molecule is COc1ccccc1-c1ccc(C[C@]2(C(=O)NC(C)C)CCN(C(C)=O)C2)cc1. The molecule has 1 saturated heterocycles. The average Bonchev–Trinajstić information content (AvgIpc) is 3.14. The van der Waals surface area contributed by atoms with Crippen LogP contribution in [0.1, 0.15) is 32.8 Å². The zero-order valence-corrected chi connectivity index (χ0v) is 17.7. The largest absolute Gasteiger partial charge is 0.496 e. The molecule has 0 saturated carbocycles. The van der Waals surface area contributed by atoms with Gasteiger partial charge in [-0.3, -0.25) is 9.59 Å². The van der Waals surface area contributed by atoms with Crippen molar-refractivity contribution in [2.45, 2.75) is 39.7 Å². The lowest BCUT2D eigenvalue weighted by atomic mass is 9.79. The molecule has 2 amide bonds. The smallest absolute Gasteiger partial charge is 0.228 e. The van der Waals surface area contributed by atoms with Crippen molar-refractivity contribution in [3.63, 3.8) is 0 Å². The molecule has 29 heavy (non-hydrogen) atoms. The van der Waals surface area contributed by atoms with E-state index in [1.165, 1.54) is 0 Å². The molecule has 1 aliphatic heterocycles. The number of ether oxygens (including phenoxy) is 1. The Morgan fingerprint density at radius 3 is 2.41 bits per heavy atom. The van der Waals surface area contributed by atoms with Crippen LogP contribution in [0.3, 0.4) is 0 Å². The Morgan fingerprint density at radius 1 is 1.14 bits per heavy atom. The van der Waals surface area contributed by atoms with Crippen molar-refractivity contribution >= 4 is 11.8 Å². The fourth-order valence-electron chi connectivity index (χ4n) is 4.04. The van der Waals surface area contributed by atoms with Crippen LogP contribution in [0.5, 0.6) is 5.75 Å². The first-order valence-corrected chi connectivity index (χ1v) is 10.1. The number of nitrogens with zero attached hydrogens (tertiary/aromatic N) is 1. The Hall–Kier alpha value is -2.82. The van der Waals surface area contributed by atoms with Crippen molar-refractivity contribution < 1.29 is 14.3 Å². The molecule has 2 aromatic carbocycles. The second kappa shape index (κ2) is 8.68. The Morgan fingerprint density at radius 2 is 1.83 bits per heavy atom. The molecular weight excluding hydrogens is 364 g/mol. The van der Waals surface area contributed by atoms with Crippen LogP contribution in [-0.4, -0.2) is 43.0 Å². The Balaban J connectivity index is 1.85. The van der Waals surface area contributed by atoms with Crippen LogP contribution in [0.4, 0.5) is 0 Å². The average molecular weight is 395 g/mol. The molecule has 2 aromatic rings. The van der Waals surface area contributed by atoms with Gasteiger partial charge >= 0.3 is 0 Å². The summed E-state index contributed by atoms with van der Waals surface area (Å²) in [4.78, 5) is 26.7. The molecule has 0 unspecified atom stereocenters. The van der Waals surface area contributed by atoms with E-state index in [9.17, 15) is 9.59 Å². The summed E-state index contributed by atoms with van der Waals surface area (Å²) in [6.07, 6.45) is 1.29. The number of para-hydroxylation sites is 1. The van der Waals surface area contributed by atoms with Gasteiger partial charge in [0.05, 0.1) is 12.5 Å². The van der Waals surface area contributed by atoms with Crippen LogP contribution >= 0.6 is 0 Å². The first kappa shape index (κ1) is 20.9. The molecule has 1 N–H and O–H groups in total. The number of amides is 2. The molecular formula is C24H30N2O3. The van der Waals surface area contributed by atoms with Gasteiger partial charge in [-0.25, -0.2) is 0 Å². The van der Waals surface area contributed by atoms with E-state index in [1.807, 2.05) is 38.1 Å². The van der Waals surface area contributed by atoms with Gasteiger partial charge in [-0.2, -0.15) is 0 Å². The number of methoxy groups -OCH3 is 1. The van der Waals surface area contributed by atoms with Crippen molar-refractivity contribution in [1.29, 1.82) is 0 Å². The predicted octanol–water partition coefficient (Wildman–Crippen LogP) is 3.67. The molecule has 5 nitrogen and oxygen atoms in total. The van der Waals surface area contributed by atoms with Crippen LogP contribution in [0.15, 0.2) is 48.5 Å². The number of benzene rings is 2. The molecule has 1 fully saturated rings. The highest BCUT2D eigenvalue weighted by atomic mass is 16.5. The summed E-state index contributed by atoms with van der Waals surface area (Å²) in [7, 11) is 1.67. The second-order valence-electron chi connectivity index (χ2n) is 8.17. The monoisotopic (exact) mass is 394 g/mol. The van der Waals surface area contributed by atoms with Gasteiger partial charge in [0.25, 0.3) is 0 Å². The fraction of sp³-hybridized carbons (Fsp3) is 0.417. The molecule has 0 aliphatic carbocycles. The summed E-state index contributed by atoms with van der Waals surface area (Å²) in [5.74, 6) is 0.890. The molecule has 1 atom stereocenters. The van der Waals surface area contributed by atoms with Crippen molar-refractivity contribution in [2.75, 3.05) is 20.2 Å². The highest BCUT2D eigenvalue weighted by Crippen LogP contribution is 2.36. The van der Waals surface area contributed by atoms with Crippen molar-refractivity contribution in [1.82, 2.24) is 10.2 Å². The summed E-state index contributed by atoms with van der Waals surface area (Å²) < 4.78 is 5.47. The zero-order chi connectivity index (χ0) is 21.0.